The minimum atomic E-state index is -0.0865. The number of imidazole rings is 1. The molecule has 136 valence electrons. The van der Waals surface area contributed by atoms with Crippen LogP contribution in [0.25, 0.3) is 11.0 Å². The number of para-hydroxylation sites is 2. The van der Waals surface area contributed by atoms with E-state index in [1.54, 1.807) is 0 Å². The van der Waals surface area contributed by atoms with Gasteiger partial charge in [-0.25, -0.2) is 4.98 Å². The van der Waals surface area contributed by atoms with Crippen LogP contribution in [0, 0.1) is 5.92 Å². The molecule has 0 fully saturated rings. The van der Waals surface area contributed by atoms with E-state index < -0.39 is 0 Å². The smallest absolute Gasteiger partial charge is 0.220 e. The Morgan fingerprint density at radius 2 is 1.85 bits per heavy atom. The van der Waals surface area contributed by atoms with Gasteiger partial charge in [0.2, 0.25) is 5.91 Å². The highest BCUT2D eigenvalue weighted by Crippen LogP contribution is 2.24. The van der Waals surface area contributed by atoms with Crippen LogP contribution < -0.4 is 5.32 Å². The number of nitrogens with one attached hydrogen (secondary N) is 2. The Bertz CT molecular complexity index is 808. The number of benzene rings is 2. The van der Waals surface area contributed by atoms with Gasteiger partial charge in [0.25, 0.3) is 0 Å². The van der Waals surface area contributed by atoms with Crippen molar-refractivity contribution >= 4 is 16.9 Å². The molecule has 0 bridgehead atoms. The molecule has 0 saturated carbocycles. The molecule has 4 heteroatoms. The van der Waals surface area contributed by atoms with Gasteiger partial charge in [-0.05, 0) is 36.5 Å². The van der Waals surface area contributed by atoms with Gasteiger partial charge in [0.1, 0.15) is 5.82 Å². The molecule has 0 aliphatic carbocycles. The van der Waals surface area contributed by atoms with Crippen molar-refractivity contribution in [2.45, 2.75) is 45.6 Å². The maximum absolute atomic E-state index is 12.5. The van der Waals surface area contributed by atoms with Gasteiger partial charge >= 0.3 is 0 Å². The number of hydrogen-bond donors (Lipinski definition) is 2. The average Bonchev–Trinajstić information content (AvgIpc) is 3.10. The Hall–Kier alpha value is -2.62. The van der Waals surface area contributed by atoms with Crippen molar-refractivity contribution in [1.82, 2.24) is 15.3 Å². The predicted molar refractivity (Wildman–Crippen MR) is 106 cm³/mol. The Labute approximate surface area is 155 Å². The van der Waals surface area contributed by atoms with E-state index >= 15 is 0 Å². The fourth-order valence-corrected chi connectivity index (χ4v) is 3.18. The number of aryl methyl sites for hydroxylation is 1. The van der Waals surface area contributed by atoms with E-state index in [-0.39, 0.29) is 11.9 Å². The summed E-state index contributed by atoms with van der Waals surface area (Å²) in [7, 11) is 0. The Morgan fingerprint density at radius 3 is 2.58 bits per heavy atom. The summed E-state index contributed by atoms with van der Waals surface area (Å²) in [5.41, 5.74) is 3.22. The number of fused-ring (bicyclic) bond motifs is 1. The van der Waals surface area contributed by atoms with Crippen LogP contribution in [-0.4, -0.2) is 15.9 Å². The number of nitrogens with zero attached hydrogens (tertiary/aromatic N) is 1. The van der Waals surface area contributed by atoms with Crippen LogP contribution >= 0.6 is 0 Å². The third-order valence-electron chi connectivity index (χ3n) is 4.94. The lowest BCUT2D eigenvalue weighted by Crippen LogP contribution is -2.33. The monoisotopic (exact) mass is 349 g/mol. The highest BCUT2D eigenvalue weighted by Gasteiger charge is 2.23. The summed E-state index contributed by atoms with van der Waals surface area (Å²) in [5.74, 6) is 1.25. The normalized spacial score (nSPS) is 13.5. The zero-order chi connectivity index (χ0) is 18.4. The summed E-state index contributed by atoms with van der Waals surface area (Å²) in [6.45, 7) is 4.30. The fourth-order valence-electron chi connectivity index (χ4n) is 3.18. The molecule has 26 heavy (non-hydrogen) atoms. The Balaban J connectivity index is 1.63. The molecular formula is C22H27N3O. The van der Waals surface area contributed by atoms with Gasteiger partial charge in [0.15, 0.2) is 0 Å². The number of rotatable bonds is 8. The minimum absolute atomic E-state index is 0.0865. The van der Waals surface area contributed by atoms with Gasteiger partial charge in [0, 0.05) is 6.42 Å². The molecule has 1 aromatic heterocycles. The minimum Gasteiger partial charge on any atom is -0.346 e. The van der Waals surface area contributed by atoms with E-state index in [4.69, 9.17) is 4.98 Å². The molecule has 2 atom stereocenters. The van der Waals surface area contributed by atoms with Gasteiger partial charge in [-0.2, -0.15) is 0 Å². The second-order valence-electron chi connectivity index (χ2n) is 6.91. The number of amides is 1. The maximum Gasteiger partial charge on any atom is 0.220 e. The molecule has 0 aliphatic heterocycles. The van der Waals surface area contributed by atoms with E-state index in [0.29, 0.717) is 12.3 Å². The first-order chi connectivity index (χ1) is 12.7. The molecule has 1 heterocycles. The van der Waals surface area contributed by atoms with Crippen LogP contribution in [0.4, 0.5) is 0 Å². The molecule has 2 aromatic carbocycles. The summed E-state index contributed by atoms with van der Waals surface area (Å²) >= 11 is 0. The highest BCUT2D eigenvalue weighted by molar-refractivity contribution is 5.77. The first kappa shape index (κ1) is 18.2. The first-order valence-corrected chi connectivity index (χ1v) is 9.45. The molecule has 2 N–H and O–H groups in total. The van der Waals surface area contributed by atoms with Crippen molar-refractivity contribution in [1.29, 1.82) is 0 Å². The quantitative estimate of drug-likeness (QED) is 0.614. The van der Waals surface area contributed by atoms with Gasteiger partial charge in [-0.15, -0.1) is 0 Å². The highest BCUT2D eigenvalue weighted by atomic mass is 16.1. The van der Waals surface area contributed by atoms with E-state index in [0.717, 1.165) is 36.1 Å². The second-order valence-corrected chi connectivity index (χ2v) is 6.91. The van der Waals surface area contributed by atoms with Gasteiger partial charge in [-0.3, -0.25) is 4.79 Å². The number of carbonyl (C=O) groups is 1. The third-order valence-corrected chi connectivity index (χ3v) is 4.94. The lowest BCUT2D eigenvalue weighted by molar-refractivity contribution is -0.122. The lowest BCUT2D eigenvalue weighted by Gasteiger charge is -2.22. The van der Waals surface area contributed by atoms with Crippen molar-refractivity contribution in [3.05, 3.63) is 66.0 Å². The molecule has 0 aliphatic rings. The summed E-state index contributed by atoms with van der Waals surface area (Å²) < 4.78 is 0. The largest absolute Gasteiger partial charge is 0.346 e. The molecule has 0 saturated heterocycles. The molecular weight excluding hydrogens is 322 g/mol. The zero-order valence-corrected chi connectivity index (χ0v) is 15.5. The number of aromatic nitrogens is 2. The van der Waals surface area contributed by atoms with Crippen LogP contribution in [0.5, 0.6) is 0 Å². The maximum atomic E-state index is 12.5. The lowest BCUT2D eigenvalue weighted by atomic mass is 9.98. The van der Waals surface area contributed by atoms with Crippen molar-refractivity contribution in [2.75, 3.05) is 0 Å². The molecule has 0 spiro atoms. The summed E-state index contributed by atoms with van der Waals surface area (Å²) in [4.78, 5) is 20.6. The molecule has 2 unspecified atom stereocenters. The van der Waals surface area contributed by atoms with Crippen LogP contribution in [-0.2, 0) is 11.2 Å². The summed E-state index contributed by atoms with van der Waals surface area (Å²) in [6, 6.07) is 18.2. The van der Waals surface area contributed by atoms with Crippen LogP contribution in [0.3, 0.4) is 0 Å². The zero-order valence-electron chi connectivity index (χ0n) is 15.5. The van der Waals surface area contributed by atoms with Gasteiger partial charge < -0.3 is 10.3 Å². The molecule has 1 amide bonds. The van der Waals surface area contributed by atoms with Crippen molar-refractivity contribution in [2.24, 2.45) is 5.92 Å². The van der Waals surface area contributed by atoms with Gasteiger partial charge in [-0.1, -0.05) is 62.7 Å². The topological polar surface area (TPSA) is 57.8 Å². The van der Waals surface area contributed by atoms with Crippen molar-refractivity contribution in [3.63, 3.8) is 0 Å². The molecule has 3 aromatic rings. The second kappa shape index (κ2) is 8.65. The van der Waals surface area contributed by atoms with Crippen LogP contribution in [0.2, 0.25) is 0 Å². The molecule has 4 nitrogen and oxygen atoms in total. The number of carbonyl (C=O) groups excluding carboxylic acids is 1. The standard InChI is InChI=1S/C22H27N3O/c1-3-16(2)21(22-23-18-13-7-8-14-19(18)24-22)25-20(26)15-9-12-17-10-5-4-6-11-17/h4-8,10-11,13-14,16,21H,3,9,12,15H2,1-2H3,(H,23,24)(H,25,26). The van der Waals surface area contributed by atoms with Crippen molar-refractivity contribution < 1.29 is 4.79 Å². The van der Waals surface area contributed by atoms with E-state index in [1.165, 1.54) is 5.56 Å². The molecule has 3 rings (SSSR count). The fraction of sp³-hybridized carbons (Fsp3) is 0.364. The van der Waals surface area contributed by atoms with E-state index in [2.05, 4.69) is 36.3 Å². The molecule has 0 radical (unpaired) electrons. The average molecular weight is 349 g/mol. The number of hydrogen-bond acceptors (Lipinski definition) is 2. The first-order valence-electron chi connectivity index (χ1n) is 9.45. The predicted octanol–water partition coefficient (Wildman–Crippen LogP) is 4.79. The number of H-pyrrole nitrogens is 1. The van der Waals surface area contributed by atoms with Crippen molar-refractivity contribution in [3.8, 4) is 0 Å². The van der Waals surface area contributed by atoms with Crippen LogP contribution in [0.15, 0.2) is 54.6 Å². The Morgan fingerprint density at radius 1 is 1.12 bits per heavy atom. The van der Waals surface area contributed by atoms with Crippen LogP contribution in [0.1, 0.15) is 50.5 Å². The van der Waals surface area contributed by atoms with E-state index in [1.807, 2.05) is 42.5 Å². The summed E-state index contributed by atoms with van der Waals surface area (Å²) in [5, 5.41) is 3.20. The Kier molecular flexibility index (Phi) is 6.05. The van der Waals surface area contributed by atoms with E-state index in [9.17, 15) is 4.79 Å². The SMILES string of the molecule is CCC(C)C(NC(=O)CCCc1ccccc1)c1nc2ccccc2[nH]1. The third kappa shape index (κ3) is 4.51. The van der Waals surface area contributed by atoms with Gasteiger partial charge in [0.05, 0.1) is 17.1 Å². The number of aromatic amines is 1. The summed E-state index contributed by atoms with van der Waals surface area (Å²) in [6.07, 6.45) is 3.28.